The van der Waals surface area contributed by atoms with Gasteiger partial charge >= 0.3 is 5.97 Å². The smallest absolute Gasteiger partial charge is 0.322 e. The molecule has 0 radical (unpaired) electrons. The molecule has 4 heteroatoms. The van der Waals surface area contributed by atoms with Gasteiger partial charge in [0.1, 0.15) is 6.04 Å². The number of carboxylic acid groups (broad SMARTS) is 1. The highest BCUT2D eigenvalue weighted by Crippen LogP contribution is 2.17. The van der Waals surface area contributed by atoms with Gasteiger partial charge in [-0.1, -0.05) is 60.7 Å². The second-order valence-corrected chi connectivity index (χ2v) is 3.86. The highest BCUT2D eigenvalue weighted by atomic mass is 16.4. The number of hydrogen-bond donors (Lipinski definition) is 3. The topological polar surface area (TPSA) is 83.5 Å². The van der Waals surface area contributed by atoms with Crippen molar-refractivity contribution in [1.29, 1.82) is 0 Å². The number of aliphatic carboxylic acids is 1. The average Bonchev–Trinajstić information content (AvgIpc) is 2.49. The number of carbonyl (C=O) groups is 1. The van der Waals surface area contributed by atoms with E-state index >= 15 is 0 Å². The number of benzene rings is 2. The number of hydrogen-bond acceptors (Lipinski definition) is 3. The summed E-state index contributed by atoms with van der Waals surface area (Å²) < 4.78 is 0. The Kier molecular flexibility index (Phi) is 6.29. The minimum Gasteiger partial charge on any atom is -0.480 e. The van der Waals surface area contributed by atoms with Crippen molar-refractivity contribution in [2.24, 2.45) is 5.73 Å². The van der Waals surface area contributed by atoms with Crippen molar-refractivity contribution < 1.29 is 15.0 Å². The van der Waals surface area contributed by atoms with Crippen molar-refractivity contribution in [2.45, 2.75) is 6.04 Å². The van der Waals surface area contributed by atoms with Crippen molar-refractivity contribution in [3.63, 3.8) is 0 Å². The molecule has 1 unspecified atom stereocenters. The van der Waals surface area contributed by atoms with Gasteiger partial charge in [-0.3, -0.25) is 4.79 Å². The minimum atomic E-state index is -1.18. The van der Waals surface area contributed by atoms with Gasteiger partial charge in [0, 0.05) is 0 Å². The number of aliphatic hydroxyl groups excluding tert-OH is 1. The molecule has 0 aliphatic heterocycles. The first-order chi connectivity index (χ1) is 9.15. The van der Waals surface area contributed by atoms with Crippen LogP contribution in [0.3, 0.4) is 0 Å². The summed E-state index contributed by atoms with van der Waals surface area (Å²) in [6, 6.07) is 19.7. The first-order valence-corrected chi connectivity index (χ1v) is 5.85. The summed E-state index contributed by atoms with van der Waals surface area (Å²) in [5, 5.41) is 15.9. The van der Waals surface area contributed by atoms with Crippen molar-refractivity contribution in [2.75, 3.05) is 6.61 Å². The third-order valence-electron chi connectivity index (χ3n) is 2.39. The molecule has 4 nitrogen and oxygen atoms in total. The number of carboxylic acids is 1. The van der Waals surface area contributed by atoms with Gasteiger partial charge < -0.3 is 15.9 Å². The van der Waals surface area contributed by atoms with Crippen molar-refractivity contribution >= 4 is 5.97 Å². The third kappa shape index (κ3) is 5.33. The molecule has 0 spiro atoms. The molecule has 0 bridgehead atoms. The number of aliphatic hydroxyl groups is 1. The van der Waals surface area contributed by atoms with E-state index in [1.807, 2.05) is 12.1 Å². The highest BCUT2D eigenvalue weighted by molar-refractivity contribution is 5.73. The Morgan fingerprint density at radius 3 is 1.53 bits per heavy atom. The van der Waals surface area contributed by atoms with Gasteiger partial charge in [0.15, 0.2) is 0 Å². The van der Waals surface area contributed by atoms with Crippen LogP contribution in [0, 0.1) is 0 Å². The van der Waals surface area contributed by atoms with E-state index in [1.165, 1.54) is 11.1 Å². The fraction of sp³-hybridized carbons (Fsp3) is 0.133. The Labute approximate surface area is 112 Å². The lowest BCUT2D eigenvalue weighted by Gasteiger charge is -1.98. The molecule has 0 amide bonds. The fourth-order valence-corrected chi connectivity index (χ4v) is 1.34. The van der Waals surface area contributed by atoms with E-state index in [-0.39, 0.29) is 0 Å². The molecule has 0 heterocycles. The zero-order chi connectivity index (χ0) is 14.1. The van der Waals surface area contributed by atoms with Gasteiger partial charge in [0.25, 0.3) is 0 Å². The summed E-state index contributed by atoms with van der Waals surface area (Å²) in [5.41, 5.74) is 7.32. The standard InChI is InChI=1S/C12H10.C3H7NO3/c1-3-7-11(8-4-1)12-9-5-2-6-10-12;4-2(1-5)3(6)7/h1-10H;2,5H,1,4H2,(H,6,7). The van der Waals surface area contributed by atoms with Gasteiger partial charge in [-0.05, 0) is 11.1 Å². The van der Waals surface area contributed by atoms with E-state index in [2.05, 4.69) is 48.5 Å². The van der Waals surface area contributed by atoms with Crippen LogP contribution in [0.5, 0.6) is 0 Å². The predicted molar refractivity (Wildman–Crippen MR) is 74.6 cm³/mol. The molecule has 0 aromatic heterocycles. The Morgan fingerprint density at radius 2 is 1.32 bits per heavy atom. The molecule has 4 N–H and O–H groups in total. The Hall–Kier alpha value is -2.17. The molecule has 2 rings (SSSR count). The maximum absolute atomic E-state index is 9.65. The van der Waals surface area contributed by atoms with Crippen LogP contribution in [0.15, 0.2) is 60.7 Å². The average molecular weight is 259 g/mol. The molecular weight excluding hydrogens is 242 g/mol. The monoisotopic (exact) mass is 259 g/mol. The maximum atomic E-state index is 9.65. The number of rotatable bonds is 3. The quantitative estimate of drug-likeness (QED) is 0.784. The molecule has 1 atom stereocenters. The summed E-state index contributed by atoms with van der Waals surface area (Å²) in [6.45, 7) is -0.505. The summed E-state index contributed by atoms with van der Waals surface area (Å²) in [5.74, 6) is -1.18. The van der Waals surface area contributed by atoms with E-state index in [1.54, 1.807) is 0 Å². The maximum Gasteiger partial charge on any atom is 0.322 e. The van der Waals surface area contributed by atoms with Crippen LogP contribution in [0.25, 0.3) is 11.1 Å². The normalized spacial score (nSPS) is 11.1. The Bertz CT molecular complexity index is 448. The Balaban J connectivity index is 0.000000224. The third-order valence-corrected chi connectivity index (χ3v) is 2.39. The second kappa shape index (κ2) is 8.02. The first-order valence-electron chi connectivity index (χ1n) is 5.85. The molecule has 0 saturated heterocycles. The molecule has 19 heavy (non-hydrogen) atoms. The van der Waals surface area contributed by atoms with E-state index < -0.39 is 18.6 Å². The zero-order valence-electron chi connectivity index (χ0n) is 10.4. The second-order valence-electron chi connectivity index (χ2n) is 3.86. The lowest BCUT2D eigenvalue weighted by molar-refractivity contribution is -0.139. The van der Waals surface area contributed by atoms with E-state index in [0.717, 1.165) is 0 Å². The van der Waals surface area contributed by atoms with E-state index in [4.69, 9.17) is 15.9 Å². The van der Waals surface area contributed by atoms with Crippen LogP contribution in [0.2, 0.25) is 0 Å². The van der Waals surface area contributed by atoms with E-state index in [0.29, 0.717) is 0 Å². The lowest BCUT2D eigenvalue weighted by atomic mass is 10.1. The molecule has 0 saturated carbocycles. The summed E-state index contributed by atoms with van der Waals surface area (Å²) >= 11 is 0. The van der Waals surface area contributed by atoms with Crippen LogP contribution in [0.4, 0.5) is 0 Å². The molecule has 0 aliphatic rings. The van der Waals surface area contributed by atoms with Gasteiger partial charge in [-0.15, -0.1) is 0 Å². The van der Waals surface area contributed by atoms with Crippen LogP contribution >= 0.6 is 0 Å². The van der Waals surface area contributed by atoms with Gasteiger partial charge in [0.2, 0.25) is 0 Å². The predicted octanol–water partition coefficient (Wildman–Crippen LogP) is 1.74. The summed E-state index contributed by atoms with van der Waals surface area (Å²) in [4.78, 5) is 9.65. The molecule has 2 aromatic carbocycles. The highest BCUT2D eigenvalue weighted by Gasteiger charge is 2.07. The van der Waals surface area contributed by atoms with Gasteiger partial charge in [-0.2, -0.15) is 0 Å². The SMILES string of the molecule is NC(CO)C(=O)O.c1ccc(-c2ccccc2)cc1. The Morgan fingerprint density at radius 1 is 0.947 bits per heavy atom. The molecule has 100 valence electrons. The fourth-order valence-electron chi connectivity index (χ4n) is 1.34. The van der Waals surface area contributed by atoms with Crippen LogP contribution < -0.4 is 5.73 Å². The molecule has 0 fully saturated rings. The summed E-state index contributed by atoms with van der Waals surface area (Å²) in [6.07, 6.45) is 0. The van der Waals surface area contributed by atoms with Crippen molar-refractivity contribution in [3.05, 3.63) is 60.7 Å². The van der Waals surface area contributed by atoms with Gasteiger partial charge in [0.05, 0.1) is 6.61 Å². The molecular formula is C15H17NO3. The molecule has 0 aliphatic carbocycles. The molecule has 2 aromatic rings. The van der Waals surface area contributed by atoms with Crippen molar-refractivity contribution in [3.8, 4) is 11.1 Å². The lowest BCUT2D eigenvalue weighted by Crippen LogP contribution is -2.33. The minimum absolute atomic E-state index is 0.505. The van der Waals surface area contributed by atoms with Crippen LogP contribution in [0.1, 0.15) is 0 Å². The number of nitrogens with two attached hydrogens (primary N) is 1. The summed E-state index contributed by atoms with van der Waals surface area (Å²) in [7, 11) is 0. The first kappa shape index (κ1) is 14.9. The van der Waals surface area contributed by atoms with Crippen LogP contribution in [-0.4, -0.2) is 28.8 Å². The van der Waals surface area contributed by atoms with Gasteiger partial charge in [-0.25, -0.2) is 0 Å². The van der Waals surface area contributed by atoms with E-state index in [9.17, 15) is 4.79 Å². The van der Waals surface area contributed by atoms with Crippen LogP contribution in [-0.2, 0) is 4.79 Å². The zero-order valence-corrected chi connectivity index (χ0v) is 10.4. The van der Waals surface area contributed by atoms with Crippen molar-refractivity contribution in [1.82, 2.24) is 0 Å². The largest absolute Gasteiger partial charge is 0.480 e.